The van der Waals surface area contributed by atoms with E-state index in [1.165, 1.54) is 12.0 Å². The summed E-state index contributed by atoms with van der Waals surface area (Å²) < 4.78 is 10.7. The van der Waals surface area contributed by atoms with Gasteiger partial charge in [-0.05, 0) is 74.1 Å². The number of likely N-dealkylation sites (N-methyl/N-ethyl adjacent to an activating group) is 1. The van der Waals surface area contributed by atoms with Gasteiger partial charge in [-0.2, -0.15) is 0 Å². The van der Waals surface area contributed by atoms with Crippen molar-refractivity contribution < 1.29 is 29.0 Å². The Labute approximate surface area is 228 Å². The number of Topliss-reactive ketones (excluding diaryl/α,β-unsaturated/α-hetero) is 1. The van der Waals surface area contributed by atoms with Gasteiger partial charge in [-0.3, -0.25) is 9.59 Å². The Kier molecular flexibility index (Phi) is 8.46. The van der Waals surface area contributed by atoms with Crippen LogP contribution < -0.4 is 4.74 Å². The highest BCUT2D eigenvalue weighted by molar-refractivity contribution is 6.46. The van der Waals surface area contributed by atoms with E-state index >= 15 is 0 Å². The number of hydrogen-bond donors (Lipinski definition) is 1. The lowest BCUT2D eigenvalue weighted by Gasteiger charge is -2.26. The highest BCUT2D eigenvalue weighted by atomic mass is 16.5. The molecule has 0 spiro atoms. The number of hydrogen-bond acceptors (Lipinski definition) is 7. The Morgan fingerprint density at radius 1 is 0.949 bits per heavy atom. The van der Waals surface area contributed by atoms with Crippen molar-refractivity contribution in [2.24, 2.45) is 0 Å². The number of aryl methyl sites for hydroxylation is 1. The topological polar surface area (TPSA) is 96.4 Å². The predicted octanol–water partition coefficient (Wildman–Crippen LogP) is 4.34. The van der Waals surface area contributed by atoms with Crippen LogP contribution in [0.4, 0.5) is 0 Å². The molecule has 0 saturated carbocycles. The molecular weight excluding hydrogens is 496 g/mol. The van der Waals surface area contributed by atoms with Crippen LogP contribution in [0.25, 0.3) is 5.76 Å². The van der Waals surface area contributed by atoms with E-state index in [1.54, 1.807) is 48.5 Å². The van der Waals surface area contributed by atoms with Crippen LogP contribution in [0.1, 0.15) is 38.7 Å². The van der Waals surface area contributed by atoms with Crippen molar-refractivity contribution in [1.29, 1.82) is 0 Å². The molecule has 0 radical (unpaired) electrons. The molecule has 1 N–H and O–H groups in total. The first-order chi connectivity index (χ1) is 18.7. The number of rotatable bonds is 9. The highest BCUT2D eigenvalue weighted by Gasteiger charge is 2.45. The minimum Gasteiger partial charge on any atom is -0.507 e. The number of aliphatic hydroxyl groups excluding tert-OH is 1. The average Bonchev–Trinajstić information content (AvgIpc) is 3.20. The second kappa shape index (κ2) is 12.0. The van der Waals surface area contributed by atoms with Gasteiger partial charge in [-0.15, -0.1) is 0 Å². The summed E-state index contributed by atoms with van der Waals surface area (Å²) in [7, 11) is 5.05. The van der Waals surface area contributed by atoms with Crippen molar-refractivity contribution >= 4 is 23.4 Å². The number of ketones is 1. The number of amides is 1. The van der Waals surface area contributed by atoms with Gasteiger partial charge in [0.05, 0.1) is 24.3 Å². The van der Waals surface area contributed by atoms with Gasteiger partial charge < -0.3 is 24.4 Å². The molecule has 1 fully saturated rings. The second-order valence-corrected chi connectivity index (χ2v) is 9.65. The Morgan fingerprint density at radius 2 is 1.59 bits per heavy atom. The van der Waals surface area contributed by atoms with Crippen LogP contribution in [0.5, 0.6) is 5.75 Å². The molecule has 1 aliphatic heterocycles. The van der Waals surface area contributed by atoms with Crippen LogP contribution in [-0.2, 0) is 20.9 Å². The maximum Gasteiger partial charge on any atom is 0.337 e. The summed E-state index contributed by atoms with van der Waals surface area (Å²) in [5, 5.41) is 11.3. The summed E-state index contributed by atoms with van der Waals surface area (Å²) in [5.41, 5.74) is 3.53. The standard InChI is InChI=1S/C31H32N2O6/c1-20-7-5-6-8-24(20)19-39-25-15-13-22(14-16-25)28(34)26-27(21-9-11-23(12-10-21)31(37)38-4)33(18-17-32(2)3)30(36)29(26)35/h5-16,27,34H,17-19H2,1-4H3/t27-/m0/s1. The smallest absolute Gasteiger partial charge is 0.337 e. The number of methoxy groups -OCH3 is 1. The van der Waals surface area contributed by atoms with Crippen molar-refractivity contribution in [1.82, 2.24) is 9.80 Å². The largest absolute Gasteiger partial charge is 0.507 e. The van der Waals surface area contributed by atoms with E-state index in [-0.39, 0.29) is 17.9 Å². The van der Waals surface area contributed by atoms with E-state index in [1.807, 2.05) is 50.2 Å². The third-order valence-electron chi connectivity index (χ3n) is 6.76. The van der Waals surface area contributed by atoms with Gasteiger partial charge in [-0.1, -0.05) is 36.4 Å². The van der Waals surface area contributed by atoms with Gasteiger partial charge in [0.1, 0.15) is 18.1 Å². The van der Waals surface area contributed by atoms with E-state index < -0.39 is 23.7 Å². The molecule has 8 nitrogen and oxygen atoms in total. The van der Waals surface area contributed by atoms with Crippen LogP contribution in [0.15, 0.2) is 78.4 Å². The third-order valence-corrected chi connectivity index (χ3v) is 6.76. The Bertz CT molecular complexity index is 1390. The van der Waals surface area contributed by atoms with Crippen LogP contribution in [0.2, 0.25) is 0 Å². The lowest BCUT2D eigenvalue weighted by Crippen LogP contribution is -2.35. The van der Waals surface area contributed by atoms with Gasteiger partial charge in [-0.25, -0.2) is 4.79 Å². The maximum atomic E-state index is 13.2. The fourth-order valence-electron chi connectivity index (χ4n) is 4.48. The molecule has 3 aromatic carbocycles. The van der Waals surface area contributed by atoms with Gasteiger partial charge in [0.15, 0.2) is 0 Å². The first-order valence-corrected chi connectivity index (χ1v) is 12.6. The summed E-state index contributed by atoms with van der Waals surface area (Å²) in [5.74, 6) is -1.59. The lowest BCUT2D eigenvalue weighted by atomic mass is 9.94. The number of aliphatic hydroxyl groups is 1. The van der Waals surface area contributed by atoms with E-state index in [9.17, 15) is 19.5 Å². The number of benzene rings is 3. The normalized spacial score (nSPS) is 16.5. The quantitative estimate of drug-likeness (QED) is 0.191. The van der Waals surface area contributed by atoms with Crippen molar-refractivity contribution in [2.45, 2.75) is 19.6 Å². The Morgan fingerprint density at radius 3 is 2.21 bits per heavy atom. The third kappa shape index (κ3) is 6.02. The Balaban J connectivity index is 1.66. The second-order valence-electron chi connectivity index (χ2n) is 9.65. The molecule has 8 heteroatoms. The van der Waals surface area contributed by atoms with E-state index in [2.05, 4.69) is 0 Å². The molecule has 202 valence electrons. The summed E-state index contributed by atoms with van der Waals surface area (Å²) in [6.07, 6.45) is 0. The Hall–Kier alpha value is -4.43. The SMILES string of the molecule is COC(=O)c1ccc([C@H]2C(=C(O)c3ccc(OCc4ccccc4C)cc3)C(=O)C(=O)N2CCN(C)C)cc1. The first kappa shape index (κ1) is 27.6. The van der Waals surface area contributed by atoms with Crippen LogP contribution in [0, 0.1) is 6.92 Å². The number of likely N-dealkylation sites (tertiary alicyclic amines) is 1. The summed E-state index contributed by atoms with van der Waals surface area (Å²) in [4.78, 5) is 41.6. The van der Waals surface area contributed by atoms with Gasteiger partial charge >= 0.3 is 5.97 Å². The van der Waals surface area contributed by atoms with Gasteiger partial charge in [0.2, 0.25) is 0 Å². The zero-order valence-electron chi connectivity index (χ0n) is 22.5. The maximum absolute atomic E-state index is 13.2. The lowest BCUT2D eigenvalue weighted by molar-refractivity contribution is -0.140. The zero-order chi connectivity index (χ0) is 28.1. The van der Waals surface area contributed by atoms with Crippen molar-refractivity contribution in [3.05, 3.63) is 106 Å². The van der Waals surface area contributed by atoms with Crippen LogP contribution >= 0.6 is 0 Å². The average molecular weight is 529 g/mol. The van der Waals surface area contributed by atoms with Crippen LogP contribution in [-0.4, -0.2) is 66.9 Å². The minimum atomic E-state index is -0.811. The monoisotopic (exact) mass is 528 g/mol. The van der Waals surface area contributed by atoms with E-state index in [0.717, 1.165) is 11.1 Å². The van der Waals surface area contributed by atoms with E-state index in [4.69, 9.17) is 9.47 Å². The fraction of sp³-hybridized carbons (Fsp3) is 0.258. The van der Waals surface area contributed by atoms with Crippen molar-refractivity contribution in [2.75, 3.05) is 34.3 Å². The van der Waals surface area contributed by atoms with Crippen LogP contribution in [0.3, 0.4) is 0 Å². The molecule has 4 rings (SSSR count). The number of carbonyl (C=O) groups excluding carboxylic acids is 3. The molecule has 0 bridgehead atoms. The van der Waals surface area contributed by atoms with E-state index in [0.29, 0.717) is 35.6 Å². The zero-order valence-corrected chi connectivity index (χ0v) is 22.5. The predicted molar refractivity (Wildman–Crippen MR) is 147 cm³/mol. The molecule has 1 saturated heterocycles. The number of nitrogens with zero attached hydrogens (tertiary/aromatic N) is 2. The van der Waals surface area contributed by atoms with Crippen molar-refractivity contribution in [3.63, 3.8) is 0 Å². The van der Waals surface area contributed by atoms with Gasteiger partial charge in [0.25, 0.3) is 11.7 Å². The van der Waals surface area contributed by atoms with Gasteiger partial charge in [0, 0.05) is 18.7 Å². The van der Waals surface area contributed by atoms with Crippen molar-refractivity contribution in [3.8, 4) is 5.75 Å². The molecule has 1 aliphatic rings. The molecule has 1 atom stereocenters. The molecule has 3 aromatic rings. The summed E-state index contributed by atoms with van der Waals surface area (Å²) in [6, 6.07) is 20.4. The highest BCUT2D eigenvalue weighted by Crippen LogP contribution is 2.39. The molecule has 0 unspecified atom stereocenters. The molecule has 1 amide bonds. The number of carbonyl (C=O) groups is 3. The molecule has 0 aromatic heterocycles. The number of esters is 1. The molecule has 0 aliphatic carbocycles. The molecule has 1 heterocycles. The number of ether oxygens (including phenoxy) is 2. The summed E-state index contributed by atoms with van der Waals surface area (Å²) in [6.45, 7) is 3.23. The fourth-order valence-corrected chi connectivity index (χ4v) is 4.48. The minimum absolute atomic E-state index is 0.00171. The first-order valence-electron chi connectivity index (χ1n) is 12.6. The summed E-state index contributed by atoms with van der Waals surface area (Å²) >= 11 is 0. The molecular formula is C31H32N2O6. The molecule has 39 heavy (non-hydrogen) atoms.